The maximum Gasteiger partial charge on any atom is 0.123 e. The van der Waals surface area contributed by atoms with Gasteiger partial charge in [0.25, 0.3) is 0 Å². The average Bonchev–Trinajstić information content (AvgIpc) is 2.62. The maximum absolute atomic E-state index is 8.92. The number of hydrogen-bond acceptors (Lipinski definition) is 3. The number of benzene rings is 1. The molecule has 0 unspecified atom stereocenters. The Kier molecular flexibility index (Phi) is 3.59. The Hall–Kier alpha value is -0.900. The van der Waals surface area contributed by atoms with E-state index in [0.717, 1.165) is 26.2 Å². The highest BCUT2D eigenvalue weighted by atomic mass is 35.5. The fraction of sp³-hybridized carbons (Fsp3) is 0.250. The van der Waals surface area contributed by atoms with Crippen LogP contribution in [0.4, 0.5) is 0 Å². The summed E-state index contributed by atoms with van der Waals surface area (Å²) in [6.07, 6.45) is 0.678. The molecule has 0 saturated carbocycles. The van der Waals surface area contributed by atoms with Crippen LogP contribution < -0.4 is 0 Å². The van der Waals surface area contributed by atoms with Gasteiger partial charge in [-0.1, -0.05) is 23.7 Å². The van der Waals surface area contributed by atoms with Crippen molar-refractivity contribution in [3.05, 3.63) is 39.9 Å². The number of aliphatic hydroxyl groups is 1. The molecule has 0 fully saturated rings. The lowest BCUT2D eigenvalue weighted by atomic mass is 10.2. The predicted molar refractivity (Wildman–Crippen MR) is 68.1 cm³/mol. The molecule has 0 amide bonds. The predicted octanol–water partition coefficient (Wildman–Crippen LogP) is 3.31. The standard InChI is InChI=1S/C12H12ClNOS/c1-8-11(6-7-15)16-12(14-8)9-2-4-10(13)5-3-9/h2-5,15H,6-7H2,1H3. The van der Waals surface area contributed by atoms with Crippen LogP contribution in [0.1, 0.15) is 10.6 Å². The molecule has 0 atom stereocenters. The van der Waals surface area contributed by atoms with Gasteiger partial charge in [0.05, 0.1) is 5.69 Å². The third-order valence-corrected chi connectivity index (χ3v) is 3.84. The molecule has 2 aromatic rings. The van der Waals surface area contributed by atoms with Gasteiger partial charge in [0.2, 0.25) is 0 Å². The van der Waals surface area contributed by atoms with E-state index < -0.39 is 0 Å². The molecule has 2 rings (SSSR count). The van der Waals surface area contributed by atoms with E-state index in [-0.39, 0.29) is 6.61 Å². The molecular formula is C12H12ClNOS. The van der Waals surface area contributed by atoms with Crippen LogP contribution in [0, 0.1) is 6.92 Å². The molecule has 1 heterocycles. The van der Waals surface area contributed by atoms with E-state index in [0.29, 0.717) is 6.42 Å². The van der Waals surface area contributed by atoms with Gasteiger partial charge < -0.3 is 5.11 Å². The normalized spacial score (nSPS) is 10.7. The number of hydrogen-bond donors (Lipinski definition) is 1. The van der Waals surface area contributed by atoms with Crippen molar-refractivity contribution in [1.29, 1.82) is 0 Å². The van der Waals surface area contributed by atoms with Gasteiger partial charge in [-0.25, -0.2) is 4.98 Å². The van der Waals surface area contributed by atoms with E-state index in [1.807, 2.05) is 31.2 Å². The third kappa shape index (κ3) is 2.43. The van der Waals surface area contributed by atoms with Gasteiger partial charge in [-0.2, -0.15) is 0 Å². The number of thiazole rings is 1. The summed E-state index contributed by atoms with van der Waals surface area (Å²) in [7, 11) is 0. The number of rotatable bonds is 3. The maximum atomic E-state index is 8.92. The SMILES string of the molecule is Cc1nc(-c2ccc(Cl)cc2)sc1CCO. The van der Waals surface area contributed by atoms with Crippen molar-refractivity contribution in [3.63, 3.8) is 0 Å². The topological polar surface area (TPSA) is 33.1 Å². The second-order valence-electron chi connectivity index (χ2n) is 3.51. The number of aryl methyl sites for hydroxylation is 1. The van der Waals surface area contributed by atoms with Gasteiger partial charge in [-0.15, -0.1) is 11.3 Å². The van der Waals surface area contributed by atoms with E-state index in [9.17, 15) is 0 Å². The number of aromatic nitrogens is 1. The summed E-state index contributed by atoms with van der Waals surface area (Å²) in [4.78, 5) is 5.64. The Morgan fingerprint density at radius 3 is 2.62 bits per heavy atom. The fourth-order valence-corrected chi connectivity index (χ4v) is 2.66. The van der Waals surface area contributed by atoms with Gasteiger partial charge in [0.15, 0.2) is 0 Å². The molecule has 84 valence electrons. The van der Waals surface area contributed by atoms with Crippen LogP contribution in [0.15, 0.2) is 24.3 Å². The second kappa shape index (κ2) is 4.95. The van der Waals surface area contributed by atoms with Crippen molar-refractivity contribution in [3.8, 4) is 10.6 Å². The molecule has 0 bridgehead atoms. The summed E-state index contributed by atoms with van der Waals surface area (Å²) < 4.78 is 0. The van der Waals surface area contributed by atoms with E-state index in [2.05, 4.69) is 4.98 Å². The Bertz CT molecular complexity index is 478. The van der Waals surface area contributed by atoms with E-state index in [1.165, 1.54) is 0 Å². The van der Waals surface area contributed by atoms with Crippen LogP contribution in [0.25, 0.3) is 10.6 Å². The Morgan fingerprint density at radius 1 is 1.31 bits per heavy atom. The highest BCUT2D eigenvalue weighted by Gasteiger charge is 2.08. The quantitative estimate of drug-likeness (QED) is 0.911. The first-order valence-electron chi connectivity index (χ1n) is 5.04. The molecule has 0 aliphatic carbocycles. The van der Waals surface area contributed by atoms with E-state index in [4.69, 9.17) is 16.7 Å². The third-order valence-electron chi connectivity index (χ3n) is 2.32. The molecule has 0 aliphatic rings. The Balaban J connectivity index is 2.33. The lowest BCUT2D eigenvalue weighted by molar-refractivity contribution is 0.300. The summed E-state index contributed by atoms with van der Waals surface area (Å²) in [5, 5.41) is 10.6. The zero-order valence-corrected chi connectivity index (χ0v) is 10.5. The molecular weight excluding hydrogens is 242 g/mol. The first-order valence-corrected chi connectivity index (χ1v) is 6.23. The van der Waals surface area contributed by atoms with Gasteiger partial charge in [0, 0.05) is 28.5 Å². The molecule has 1 N–H and O–H groups in total. The highest BCUT2D eigenvalue weighted by molar-refractivity contribution is 7.15. The van der Waals surface area contributed by atoms with Crippen molar-refractivity contribution in [2.75, 3.05) is 6.61 Å². The molecule has 1 aromatic heterocycles. The van der Waals surface area contributed by atoms with Crippen LogP contribution in [0.5, 0.6) is 0 Å². The first-order chi connectivity index (χ1) is 7.70. The summed E-state index contributed by atoms with van der Waals surface area (Å²) >= 11 is 7.46. The van der Waals surface area contributed by atoms with Gasteiger partial charge in [0.1, 0.15) is 5.01 Å². The molecule has 1 aromatic carbocycles. The smallest absolute Gasteiger partial charge is 0.123 e. The minimum absolute atomic E-state index is 0.170. The molecule has 2 nitrogen and oxygen atoms in total. The number of aliphatic hydroxyl groups excluding tert-OH is 1. The number of nitrogens with zero attached hydrogens (tertiary/aromatic N) is 1. The summed E-state index contributed by atoms with van der Waals surface area (Å²) in [5.41, 5.74) is 2.07. The van der Waals surface area contributed by atoms with E-state index in [1.54, 1.807) is 11.3 Å². The summed E-state index contributed by atoms with van der Waals surface area (Å²) in [5.74, 6) is 0. The molecule has 0 aliphatic heterocycles. The number of halogens is 1. The minimum atomic E-state index is 0.170. The van der Waals surface area contributed by atoms with Crippen LogP contribution in [0.3, 0.4) is 0 Å². The monoisotopic (exact) mass is 253 g/mol. The Labute approximate surface area is 104 Å². The van der Waals surface area contributed by atoms with Crippen molar-refractivity contribution < 1.29 is 5.11 Å². The molecule has 4 heteroatoms. The van der Waals surface area contributed by atoms with Crippen LogP contribution in [0.2, 0.25) is 5.02 Å². The van der Waals surface area contributed by atoms with Gasteiger partial charge in [-0.3, -0.25) is 0 Å². The summed E-state index contributed by atoms with van der Waals surface area (Å²) in [6, 6.07) is 7.64. The van der Waals surface area contributed by atoms with Crippen LogP contribution in [-0.4, -0.2) is 16.7 Å². The molecule has 0 radical (unpaired) electrons. The van der Waals surface area contributed by atoms with Crippen LogP contribution in [-0.2, 0) is 6.42 Å². The fourth-order valence-electron chi connectivity index (χ4n) is 1.48. The highest BCUT2D eigenvalue weighted by Crippen LogP contribution is 2.28. The van der Waals surface area contributed by atoms with E-state index >= 15 is 0 Å². The largest absolute Gasteiger partial charge is 0.396 e. The van der Waals surface area contributed by atoms with Gasteiger partial charge in [-0.05, 0) is 19.1 Å². The molecule has 0 saturated heterocycles. The van der Waals surface area contributed by atoms with Gasteiger partial charge >= 0.3 is 0 Å². The second-order valence-corrected chi connectivity index (χ2v) is 5.03. The lowest BCUT2D eigenvalue weighted by Gasteiger charge is -1.95. The molecule has 0 spiro atoms. The summed E-state index contributed by atoms with van der Waals surface area (Å²) in [6.45, 7) is 2.14. The minimum Gasteiger partial charge on any atom is -0.396 e. The van der Waals surface area contributed by atoms with Crippen molar-refractivity contribution in [1.82, 2.24) is 4.98 Å². The first kappa shape index (κ1) is 11.6. The lowest BCUT2D eigenvalue weighted by Crippen LogP contribution is -1.88. The zero-order chi connectivity index (χ0) is 11.5. The average molecular weight is 254 g/mol. The molecule has 16 heavy (non-hydrogen) atoms. The zero-order valence-electron chi connectivity index (χ0n) is 8.90. The van der Waals surface area contributed by atoms with Crippen molar-refractivity contribution in [2.45, 2.75) is 13.3 Å². The van der Waals surface area contributed by atoms with Crippen molar-refractivity contribution >= 4 is 22.9 Å². The Morgan fingerprint density at radius 2 is 2.00 bits per heavy atom. The van der Waals surface area contributed by atoms with Crippen LogP contribution >= 0.6 is 22.9 Å². The van der Waals surface area contributed by atoms with Crippen molar-refractivity contribution in [2.24, 2.45) is 0 Å².